The molecular weight excluding hydrogens is 252 g/mol. The highest BCUT2D eigenvalue weighted by Gasteiger charge is 2.28. The van der Waals surface area contributed by atoms with Crippen molar-refractivity contribution < 1.29 is 9.47 Å². The molecule has 0 bridgehead atoms. The molecule has 0 aromatic heterocycles. The van der Waals surface area contributed by atoms with Crippen molar-refractivity contribution in [2.24, 2.45) is 0 Å². The molecule has 0 radical (unpaired) electrons. The standard InChI is InChI=1S/C16H22N2O2/c1-2-13(17-12-3-4-12)11-18(7-1)14-5-6-15-16(10-14)20-9-8-19-15/h5-6,10,12-13,17H,1-4,7-9,11H2. The van der Waals surface area contributed by atoms with Crippen molar-refractivity contribution >= 4 is 5.69 Å². The average Bonchev–Trinajstić information content (AvgIpc) is 3.31. The summed E-state index contributed by atoms with van der Waals surface area (Å²) in [5.41, 5.74) is 1.26. The Morgan fingerprint density at radius 1 is 1.00 bits per heavy atom. The van der Waals surface area contributed by atoms with Crippen molar-refractivity contribution in [2.45, 2.75) is 37.8 Å². The van der Waals surface area contributed by atoms with Gasteiger partial charge in [0.2, 0.25) is 0 Å². The molecule has 3 aliphatic rings. The third-order valence-corrected chi connectivity index (χ3v) is 4.36. The second-order valence-electron chi connectivity index (χ2n) is 6.05. The van der Waals surface area contributed by atoms with E-state index in [9.17, 15) is 0 Å². The number of hydrogen-bond donors (Lipinski definition) is 1. The molecule has 108 valence electrons. The highest BCUT2D eigenvalue weighted by molar-refractivity contribution is 5.57. The summed E-state index contributed by atoms with van der Waals surface area (Å²) in [5, 5.41) is 3.76. The number of fused-ring (bicyclic) bond motifs is 1. The van der Waals surface area contributed by atoms with E-state index >= 15 is 0 Å². The van der Waals surface area contributed by atoms with E-state index in [1.54, 1.807) is 0 Å². The molecule has 2 aliphatic heterocycles. The average molecular weight is 274 g/mol. The SMILES string of the molecule is c1cc2c(cc1N1CCCC(NC3CC3)C1)OCCO2. The van der Waals surface area contributed by atoms with Crippen LogP contribution in [-0.4, -0.2) is 38.4 Å². The Morgan fingerprint density at radius 3 is 2.70 bits per heavy atom. The van der Waals surface area contributed by atoms with Crippen LogP contribution in [0, 0.1) is 0 Å². The summed E-state index contributed by atoms with van der Waals surface area (Å²) in [6.07, 6.45) is 5.29. The van der Waals surface area contributed by atoms with Crippen LogP contribution in [-0.2, 0) is 0 Å². The van der Waals surface area contributed by atoms with Crippen LogP contribution in [0.5, 0.6) is 11.5 Å². The highest BCUT2D eigenvalue weighted by Crippen LogP contribution is 2.35. The van der Waals surface area contributed by atoms with Gasteiger partial charge >= 0.3 is 0 Å². The summed E-state index contributed by atoms with van der Waals surface area (Å²) < 4.78 is 11.3. The third kappa shape index (κ3) is 2.57. The minimum Gasteiger partial charge on any atom is -0.486 e. The molecule has 1 aromatic carbocycles. The molecule has 4 rings (SSSR count). The minimum absolute atomic E-state index is 0.643. The zero-order chi connectivity index (χ0) is 13.4. The van der Waals surface area contributed by atoms with Gasteiger partial charge < -0.3 is 19.7 Å². The van der Waals surface area contributed by atoms with Crippen LogP contribution in [0.2, 0.25) is 0 Å². The fourth-order valence-corrected chi connectivity index (χ4v) is 3.16. The van der Waals surface area contributed by atoms with Gasteiger partial charge in [0.1, 0.15) is 13.2 Å². The van der Waals surface area contributed by atoms with Gasteiger partial charge in [-0.05, 0) is 37.8 Å². The zero-order valence-corrected chi connectivity index (χ0v) is 11.8. The molecule has 1 aliphatic carbocycles. The lowest BCUT2D eigenvalue weighted by Gasteiger charge is -2.35. The summed E-state index contributed by atoms with van der Waals surface area (Å²) >= 11 is 0. The fraction of sp³-hybridized carbons (Fsp3) is 0.625. The lowest BCUT2D eigenvalue weighted by atomic mass is 10.0. The number of nitrogens with one attached hydrogen (secondary N) is 1. The number of ether oxygens (including phenoxy) is 2. The third-order valence-electron chi connectivity index (χ3n) is 4.36. The maximum Gasteiger partial charge on any atom is 0.163 e. The van der Waals surface area contributed by atoms with Gasteiger partial charge in [0.15, 0.2) is 11.5 Å². The predicted molar refractivity (Wildman–Crippen MR) is 78.8 cm³/mol. The molecule has 1 unspecified atom stereocenters. The van der Waals surface area contributed by atoms with Crippen molar-refractivity contribution in [2.75, 3.05) is 31.2 Å². The number of rotatable bonds is 3. The Hall–Kier alpha value is -1.42. The zero-order valence-electron chi connectivity index (χ0n) is 11.8. The Bertz CT molecular complexity index is 487. The summed E-state index contributed by atoms with van der Waals surface area (Å²) in [6, 6.07) is 7.77. The van der Waals surface area contributed by atoms with Crippen LogP contribution < -0.4 is 19.7 Å². The van der Waals surface area contributed by atoms with E-state index in [1.807, 2.05) is 6.07 Å². The number of anilines is 1. The fourth-order valence-electron chi connectivity index (χ4n) is 3.16. The van der Waals surface area contributed by atoms with E-state index in [0.29, 0.717) is 19.3 Å². The molecule has 1 N–H and O–H groups in total. The van der Waals surface area contributed by atoms with E-state index in [4.69, 9.17) is 9.47 Å². The van der Waals surface area contributed by atoms with Crippen molar-refractivity contribution in [1.82, 2.24) is 5.32 Å². The van der Waals surface area contributed by atoms with Crippen LogP contribution in [0.15, 0.2) is 18.2 Å². The first-order chi connectivity index (χ1) is 9.88. The summed E-state index contributed by atoms with van der Waals surface area (Å²) in [4.78, 5) is 2.47. The molecule has 0 spiro atoms. The van der Waals surface area contributed by atoms with Crippen LogP contribution in [0.25, 0.3) is 0 Å². The minimum atomic E-state index is 0.643. The first kappa shape index (κ1) is 12.3. The van der Waals surface area contributed by atoms with Crippen LogP contribution >= 0.6 is 0 Å². The van der Waals surface area contributed by atoms with Gasteiger partial charge in [0, 0.05) is 36.9 Å². The molecule has 1 saturated heterocycles. The Labute approximate surface area is 120 Å². The van der Waals surface area contributed by atoms with E-state index in [2.05, 4.69) is 22.3 Å². The van der Waals surface area contributed by atoms with Gasteiger partial charge in [0.25, 0.3) is 0 Å². The second-order valence-corrected chi connectivity index (χ2v) is 6.05. The van der Waals surface area contributed by atoms with Gasteiger partial charge in [-0.1, -0.05) is 0 Å². The number of benzene rings is 1. The molecule has 1 atom stereocenters. The highest BCUT2D eigenvalue weighted by atomic mass is 16.6. The number of hydrogen-bond acceptors (Lipinski definition) is 4. The van der Waals surface area contributed by atoms with E-state index in [0.717, 1.165) is 30.6 Å². The maximum atomic E-state index is 5.69. The normalized spacial score (nSPS) is 25.6. The van der Waals surface area contributed by atoms with Crippen molar-refractivity contribution in [1.29, 1.82) is 0 Å². The van der Waals surface area contributed by atoms with E-state index in [-0.39, 0.29) is 0 Å². The van der Waals surface area contributed by atoms with Gasteiger partial charge in [0.05, 0.1) is 0 Å². The van der Waals surface area contributed by atoms with Gasteiger partial charge in [-0.25, -0.2) is 0 Å². The monoisotopic (exact) mass is 274 g/mol. The van der Waals surface area contributed by atoms with Crippen molar-refractivity contribution in [3.8, 4) is 11.5 Å². The summed E-state index contributed by atoms with van der Waals surface area (Å²) in [5.74, 6) is 1.77. The first-order valence-electron chi connectivity index (χ1n) is 7.79. The molecule has 2 fully saturated rings. The molecule has 1 aromatic rings. The van der Waals surface area contributed by atoms with Crippen LogP contribution in [0.1, 0.15) is 25.7 Å². The van der Waals surface area contributed by atoms with E-state index < -0.39 is 0 Å². The van der Waals surface area contributed by atoms with Crippen LogP contribution in [0.3, 0.4) is 0 Å². The Kier molecular flexibility index (Phi) is 3.19. The van der Waals surface area contributed by atoms with Crippen molar-refractivity contribution in [3.63, 3.8) is 0 Å². The largest absolute Gasteiger partial charge is 0.486 e. The lowest BCUT2D eigenvalue weighted by molar-refractivity contribution is 0.171. The van der Waals surface area contributed by atoms with Gasteiger partial charge in [-0.15, -0.1) is 0 Å². The predicted octanol–water partition coefficient (Wildman–Crippen LogP) is 2.18. The summed E-state index contributed by atoms with van der Waals surface area (Å²) in [7, 11) is 0. The quantitative estimate of drug-likeness (QED) is 0.916. The second kappa shape index (κ2) is 5.17. The number of nitrogens with zero attached hydrogens (tertiary/aromatic N) is 1. The smallest absolute Gasteiger partial charge is 0.163 e. The van der Waals surface area contributed by atoms with Crippen molar-refractivity contribution in [3.05, 3.63) is 18.2 Å². The summed E-state index contributed by atoms with van der Waals surface area (Å²) in [6.45, 7) is 3.56. The lowest BCUT2D eigenvalue weighted by Crippen LogP contribution is -2.46. The first-order valence-corrected chi connectivity index (χ1v) is 7.79. The topological polar surface area (TPSA) is 33.7 Å². The Balaban J connectivity index is 1.48. The molecule has 0 amide bonds. The van der Waals surface area contributed by atoms with Gasteiger partial charge in [-0.3, -0.25) is 0 Å². The molecule has 4 heteroatoms. The van der Waals surface area contributed by atoms with E-state index in [1.165, 1.54) is 31.4 Å². The molecule has 20 heavy (non-hydrogen) atoms. The Morgan fingerprint density at radius 2 is 1.85 bits per heavy atom. The maximum absolute atomic E-state index is 5.69. The van der Waals surface area contributed by atoms with Gasteiger partial charge in [-0.2, -0.15) is 0 Å². The molecule has 2 heterocycles. The molecule has 1 saturated carbocycles. The van der Waals surface area contributed by atoms with Crippen LogP contribution in [0.4, 0.5) is 5.69 Å². The number of piperidine rings is 1. The molecular formula is C16H22N2O2. The molecule has 4 nitrogen and oxygen atoms in total.